The molecule has 27 heavy (non-hydrogen) atoms. The molecule has 3 N–H and O–H groups in total. The van der Waals surface area contributed by atoms with Gasteiger partial charge in [-0.05, 0) is 50.8 Å². The summed E-state index contributed by atoms with van der Waals surface area (Å²) >= 11 is 1.52. The van der Waals surface area contributed by atoms with Gasteiger partial charge in [0, 0.05) is 22.7 Å². The zero-order valence-electron chi connectivity index (χ0n) is 15.1. The van der Waals surface area contributed by atoms with E-state index in [0.29, 0.717) is 30.5 Å². The molecule has 0 spiro atoms. The second-order valence-electron chi connectivity index (χ2n) is 7.06. The summed E-state index contributed by atoms with van der Waals surface area (Å²) in [6.07, 6.45) is 2.72. The molecule has 1 amide bonds. The highest BCUT2D eigenvalue weighted by Crippen LogP contribution is 2.29. The third-order valence-corrected chi connectivity index (χ3v) is 6.04. The van der Waals surface area contributed by atoms with Gasteiger partial charge in [-0.15, -0.1) is 11.3 Å². The van der Waals surface area contributed by atoms with E-state index in [1.807, 2.05) is 18.4 Å². The zero-order valence-corrected chi connectivity index (χ0v) is 15.9. The predicted molar refractivity (Wildman–Crippen MR) is 104 cm³/mol. The van der Waals surface area contributed by atoms with Crippen LogP contribution in [0.25, 0.3) is 11.0 Å². The lowest BCUT2D eigenvalue weighted by atomic mass is 9.93. The first kappa shape index (κ1) is 17.9. The van der Waals surface area contributed by atoms with E-state index < -0.39 is 0 Å². The van der Waals surface area contributed by atoms with Gasteiger partial charge in [0.2, 0.25) is 0 Å². The van der Waals surface area contributed by atoms with Gasteiger partial charge in [0.05, 0.1) is 23.7 Å². The monoisotopic (exact) mass is 386 g/mol. The normalized spacial score (nSPS) is 20.1. The van der Waals surface area contributed by atoms with Crippen LogP contribution < -0.4 is 11.0 Å². The minimum atomic E-state index is -0.265. The number of fused-ring (bicyclic) bond motifs is 1. The number of aliphatic hydroxyl groups excluding tert-OH is 1. The Bertz CT molecular complexity index is 1030. The summed E-state index contributed by atoms with van der Waals surface area (Å²) in [5.74, 6) is -0.195. The average molecular weight is 386 g/mol. The van der Waals surface area contributed by atoms with Gasteiger partial charge in [-0.25, -0.2) is 9.78 Å². The molecule has 1 aliphatic rings. The Kier molecular flexibility index (Phi) is 4.84. The van der Waals surface area contributed by atoms with Crippen molar-refractivity contribution in [2.45, 2.75) is 51.3 Å². The van der Waals surface area contributed by atoms with Crippen LogP contribution in [0, 0.1) is 6.92 Å². The number of nitrogens with one attached hydrogen (secondary N) is 2. The predicted octanol–water partition coefficient (Wildman–Crippen LogP) is 2.50. The van der Waals surface area contributed by atoms with Gasteiger partial charge in [-0.1, -0.05) is 0 Å². The number of carbonyl (C=O) groups excluding carboxylic acids is 1. The number of nitrogens with zero attached hydrogens (tertiary/aromatic N) is 2. The molecule has 0 saturated heterocycles. The first-order valence-corrected chi connectivity index (χ1v) is 10.0. The Morgan fingerprint density at radius 3 is 2.85 bits per heavy atom. The Hall–Kier alpha value is -2.45. The lowest BCUT2D eigenvalue weighted by molar-refractivity contribution is 0.0951. The number of benzene rings is 1. The maximum atomic E-state index is 12.5. The largest absolute Gasteiger partial charge is 0.393 e. The van der Waals surface area contributed by atoms with E-state index in [2.05, 4.69) is 15.3 Å². The van der Waals surface area contributed by atoms with Gasteiger partial charge in [0.25, 0.3) is 5.91 Å². The summed E-state index contributed by atoms with van der Waals surface area (Å²) in [6.45, 7) is 2.31. The molecule has 1 aromatic carbocycles. The summed E-state index contributed by atoms with van der Waals surface area (Å²) in [6, 6.07) is 5.36. The van der Waals surface area contributed by atoms with Crippen LogP contribution in [0.15, 0.2) is 28.4 Å². The molecule has 0 bridgehead atoms. The molecular weight excluding hydrogens is 364 g/mol. The molecule has 7 nitrogen and oxygen atoms in total. The number of aliphatic hydroxyl groups is 1. The van der Waals surface area contributed by atoms with Gasteiger partial charge in [-0.2, -0.15) is 0 Å². The second kappa shape index (κ2) is 7.28. The van der Waals surface area contributed by atoms with Crippen LogP contribution in [0.4, 0.5) is 0 Å². The highest BCUT2D eigenvalue weighted by Gasteiger charge is 2.24. The van der Waals surface area contributed by atoms with Crippen molar-refractivity contribution >= 4 is 28.3 Å². The number of carbonyl (C=O) groups is 1. The van der Waals surface area contributed by atoms with E-state index in [4.69, 9.17) is 0 Å². The van der Waals surface area contributed by atoms with Crippen LogP contribution in [0.2, 0.25) is 0 Å². The van der Waals surface area contributed by atoms with Crippen molar-refractivity contribution in [2.75, 3.05) is 0 Å². The third-order valence-electron chi connectivity index (χ3n) is 5.08. The van der Waals surface area contributed by atoms with Crippen molar-refractivity contribution in [3.05, 3.63) is 50.3 Å². The molecule has 0 atom stereocenters. The Labute approximate surface area is 160 Å². The molecule has 0 radical (unpaired) electrons. The Morgan fingerprint density at radius 1 is 1.37 bits per heavy atom. The Morgan fingerprint density at radius 2 is 2.15 bits per heavy atom. The fourth-order valence-corrected chi connectivity index (χ4v) is 4.40. The summed E-state index contributed by atoms with van der Waals surface area (Å²) in [7, 11) is 0. The summed E-state index contributed by atoms with van der Waals surface area (Å²) in [5, 5.41) is 15.4. The van der Waals surface area contributed by atoms with E-state index in [9.17, 15) is 14.7 Å². The SMILES string of the molecule is Cc1csc(CNC(=O)c2ccc3c(c2)[nH]c(=O)n3C2CCC(O)CC2)n1. The van der Waals surface area contributed by atoms with E-state index in [1.54, 1.807) is 16.7 Å². The number of hydrogen-bond donors (Lipinski definition) is 3. The number of rotatable bonds is 4. The van der Waals surface area contributed by atoms with Crippen LogP contribution in [0.3, 0.4) is 0 Å². The molecule has 0 unspecified atom stereocenters. The summed E-state index contributed by atoms with van der Waals surface area (Å²) < 4.78 is 1.77. The minimum Gasteiger partial charge on any atom is -0.393 e. The van der Waals surface area contributed by atoms with E-state index in [0.717, 1.165) is 29.1 Å². The van der Waals surface area contributed by atoms with Crippen LogP contribution in [-0.4, -0.2) is 31.7 Å². The zero-order chi connectivity index (χ0) is 19.0. The van der Waals surface area contributed by atoms with Gasteiger partial charge < -0.3 is 15.4 Å². The number of aromatic nitrogens is 3. The molecule has 0 aliphatic heterocycles. The minimum absolute atomic E-state index is 0.0856. The van der Waals surface area contributed by atoms with E-state index in [-0.39, 0.29) is 23.7 Å². The number of amides is 1. The smallest absolute Gasteiger partial charge is 0.326 e. The molecule has 8 heteroatoms. The van der Waals surface area contributed by atoms with Crippen LogP contribution in [0.5, 0.6) is 0 Å². The van der Waals surface area contributed by atoms with Crippen LogP contribution >= 0.6 is 11.3 Å². The van der Waals surface area contributed by atoms with Crippen molar-refractivity contribution in [2.24, 2.45) is 0 Å². The van der Waals surface area contributed by atoms with Gasteiger partial charge >= 0.3 is 5.69 Å². The Balaban J connectivity index is 1.54. The van der Waals surface area contributed by atoms with Crippen LogP contribution in [-0.2, 0) is 6.54 Å². The molecule has 142 valence electrons. The fourth-order valence-electron chi connectivity index (χ4n) is 3.69. The first-order valence-electron chi connectivity index (χ1n) is 9.13. The summed E-state index contributed by atoms with van der Waals surface area (Å²) in [4.78, 5) is 32.1. The van der Waals surface area contributed by atoms with E-state index in [1.165, 1.54) is 11.3 Å². The molecule has 1 aliphatic carbocycles. The number of imidazole rings is 1. The molecule has 1 saturated carbocycles. The van der Waals surface area contributed by atoms with Crippen molar-refractivity contribution < 1.29 is 9.90 Å². The molecule has 2 aromatic heterocycles. The van der Waals surface area contributed by atoms with Gasteiger partial charge in [0.1, 0.15) is 5.01 Å². The van der Waals surface area contributed by atoms with Gasteiger partial charge in [0.15, 0.2) is 0 Å². The third kappa shape index (κ3) is 3.68. The average Bonchev–Trinajstić information content (AvgIpc) is 3.22. The number of aryl methyl sites for hydroxylation is 1. The van der Waals surface area contributed by atoms with Crippen molar-refractivity contribution in [3.8, 4) is 0 Å². The van der Waals surface area contributed by atoms with E-state index >= 15 is 0 Å². The number of hydrogen-bond acceptors (Lipinski definition) is 5. The quantitative estimate of drug-likeness (QED) is 0.641. The van der Waals surface area contributed by atoms with Gasteiger partial charge in [-0.3, -0.25) is 9.36 Å². The highest BCUT2D eigenvalue weighted by molar-refractivity contribution is 7.09. The maximum absolute atomic E-state index is 12.5. The van der Waals surface area contributed by atoms with Crippen molar-refractivity contribution in [1.29, 1.82) is 0 Å². The topological polar surface area (TPSA) is 100 Å². The maximum Gasteiger partial charge on any atom is 0.326 e. The lowest BCUT2D eigenvalue weighted by Crippen LogP contribution is -2.27. The number of thiazole rings is 1. The van der Waals surface area contributed by atoms with Crippen LogP contribution in [0.1, 0.15) is 52.8 Å². The van der Waals surface area contributed by atoms with Crippen molar-refractivity contribution in [3.63, 3.8) is 0 Å². The molecule has 1 fully saturated rings. The lowest BCUT2D eigenvalue weighted by Gasteiger charge is -2.26. The number of aromatic amines is 1. The fraction of sp³-hybridized carbons (Fsp3) is 0.421. The number of H-pyrrole nitrogens is 1. The highest BCUT2D eigenvalue weighted by atomic mass is 32.1. The molecule has 3 aromatic rings. The molecular formula is C19H22N4O3S. The molecule has 2 heterocycles. The van der Waals surface area contributed by atoms with Crippen molar-refractivity contribution in [1.82, 2.24) is 19.9 Å². The standard InChI is InChI=1S/C19H22N4O3S/c1-11-10-27-17(21-11)9-20-18(25)12-2-7-16-15(8-12)22-19(26)23(16)13-3-5-14(24)6-4-13/h2,7-8,10,13-14,24H,3-6,9H2,1H3,(H,20,25)(H,22,26). The summed E-state index contributed by atoms with van der Waals surface area (Å²) in [5.41, 5.74) is 2.74. The molecule has 4 rings (SSSR count). The first-order chi connectivity index (χ1) is 13.0. The second-order valence-corrected chi connectivity index (χ2v) is 8.00.